The molecule has 0 heterocycles. The largest absolute Gasteiger partial charge is 0.356 e. The number of aryl methyl sites for hydroxylation is 3. The van der Waals surface area contributed by atoms with Crippen LogP contribution in [0, 0.1) is 6.92 Å². The zero-order chi connectivity index (χ0) is 15.8. The van der Waals surface area contributed by atoms with Gasteiger partial charge in [0.2, 0.25) is 5.91 Å². The van der Waals surface area contributed by atoms with Gasteiger partial charge in [-0.3, -0.25) is 4.79 Å². The Morgan fingerprint density at radius 3 is 2.23 bits per heavy atom. The first-order chi connectivity index (χ1) is 10.6. The van der Waals surface area contributed by atoms with Gasteiger partial charge in [0.25, 0.3) is 0 Å². The van der Waals surface area contributed by atoms with E-state index in [-0.39, 0.29) is 5.91 Å². The Labute approximate surface area is 137 Å². The maximum absolute atomic E-state index is 11.8. The molecular formula is C19H22ClNO. The van der Waals surface area contributed by atoms with Crippen molar-refractivity contribution in [1.82, 2.24) is 5.32 Å². The van der Waals surface area contributed by atoms with Crippen molar-refractivity contribution < 1.29 is 4.79 Å². The maximum Gasteiger partial charge on any atom is 0.220 e. The summed E-state index contributed by atoms with van der Waals surface area (Å²) in [6, 6.07) is 16.2. The summed E-state index contributed by atoms with van der Waals surface area (Å²) < 4.78 is 0. The SMILES string of the molecule is Cc1ccc(CCC(=O)NCCCc2ccc(Cl)cc2)cc1. The van der Waals surface area contributed by atoms with E-state index in [9.17, 15) is 4.79 Å². The topological polar surface area (TPSA) is 29.1 Å². The molecule has 0 spiro atoms. The van der Waals surface area contributed by atoms with Crippen LogP contribution in [0.3, 0.4) is 0 Å². The van der Waals surface area contributed by atoms with Gasteiger partial charge in [-0.05, 0) is 49.4 Å². The summed E-state index contributed by atoms with van der Waals surface area (Å²) in [5, 5.41) is 3.74. The Hall–Kier alpha value is -1.80. The van der Waals surface area contributed by atoms with Crippen molar-refractivity contribution in [3.63, 3.8) is 0 Å². The van der Waals surface area contributed by atoms with Gasteiger partial charge in [-0.25, -0.2) is 0 Å². The fraction of sp³-hybridized carbons (Fsp3) is 0.316. The summed E-state index contributed by atoms with van der Waals surface area (Å²) in [5.74, 6) is 0.122. The second kappa shape index (κ2) is 8.60. The van der Waals surface area contributed by atoms with Gasteiger partial charge in [-0.1, -0.05) is 53.6 Å². The molecule has 0 saturated carbocycles. The van der Waals surface area contributed by atoms with E-state index in [0.29, 0.717) is 6.42 Å². The lowest BCUT2D eigenvalue weighted by molar-refractivity contribution is -0.121. The number of amides is 1. The fourth-order valence-electron chi connectivity index (χ4n) is 2.27. The molecular weight excluding hydrogens is 294 g/mol. The van der Waals surface area contributed by atoms with Gasteiger partial charge < -0.3 is 5.32 Å². The third kappa shape index (κ3) is 5.90. The monoisotopic (exact) mass is 315 g/mol. The van der Waals surface area contributed by atoms with Crippen LogP contribution in [0.1, 0.15) is 29.5 Å². The Balaban J connectivity index is 1.61. The molecule has 0 aromatic heterocycles. The van der Waals surface area contributed by atoms with Crippen LogP contribution in [0.25, 0.3) is 0 Å². The number of hydrogen-bond donors (Lipinski definition) is 1. The highest BCUT2D eigenvalue weighted by Gasteiger charge is 2.02. The highest BCUT2D eigenvalue weighted by atomic mass is 35.5. The van der Waals surface area contributed by atoms with Gasteiger partial charge in [0.15, 0.2) is 0 Å². The number of carbonyl (C=O) groups excluding carboxylic acids is 1. The van der Waals surface area contributed by atoms with E-state index in [1.807, 2.05) is 24.3 Å². The van der Waals surface area contributed by atoms with Crippen molar-refractivity contribution >= 4 is 17.5 Å². The molecule has 116 valence electrons. The van der Waals surface area contributed by atoms with Gasteiger partial charge in [0, 0.05) is 18.0 Å². The van der Waals surface area contributed by atoms with E-state index in [1.54, 1.807) is 0 Å². The van der Waals surface area contributed by atoms with Crippen LogP contribution in [0.5, 0.6) is 0 Å². The molecule has 0 fully saturated rings. The second-order valence-corrected chi connectivity index (χ2v) is 6.00. The molecule has 2 nitrogen and oxygen atoms in total. The molecule has 22 heavy (non-hydrogen) atoms. The van der Waals surface area contributed by atoms with Crippen molar-refractivity contribution in [3.8, 4) is 0 Å². The number of rotatable bonds is 7. The molecule has 2 rings (SSSR count). The highest BCUT2D eigenvalue weighted by molar-refractivity contribution is 6.30. The molecule has 0 radical (unpaired) electrons. The smallest absolute Gasteiger partial charge is 0.220 e. The Morgan fingerprint density at radius 2 is 1.55 bits per heavy atom. The zero-order valence-corrected chi connectivity index (χ0v) is 13.7. The fourth-order valence-corrected chi connectivity index (χ4v) is 2.40. The third-order valence-corrected chi connectivity index (χ3v) is 3.89. The van der Waals surface area contributed by atoms with E-state index in [0.717, 1.165) is 30.8 Å². The minimum Gasteiger partial charge on any atom is -0.356 e. The van der Waals surface area contributed by atoms with Crippen molar-refractivity contribution in [2.75, 3.05) is 6.54 Å². The quantitative estimate of drug-likeness (QED) is 0.757. The number of nitrogens with one attached hydrogen (secondary N) is 1. The molecule has 0 aliphatic rings. The van der Waals surface area contributed by atoms with E-state index in [1.165, 1.54) is 16.7 Å². The minimum atomic E-state index is 0.122. The van der Waals surface area contributed by atoms with Crippen LogP contribution in [0.2, 0.25) is 5.02 Å². The van der Waals surface area contributed by atoms with Gasteiger partial charge in [0.1, 0.15) is 0 Å². The molecule has 2 aromatic rings. The summed E-state index contributed by atoms with van der Waals surface area (Å²) in [7, 11) is 0. The van der Waals surface area contributed by atoms with E-state index >= 15 is 0 Å². The Bertz CT molecular complexity index is 590. The lowest BCUT2D eigenvalue weighted by atomic mass is 10.1. The standard InChI is InChI=1S/C19H22ClNO/c1-15-4-6-17(7-5-15)10-13-19(22)21-14-2-3-16-8-11-18(20)12-9-16/h4-9,11-12H,2-3,10,13-14H2,1H3,(H,21,22). The van der Waals surface area contributed by atoms with Crippen molar-refractivity contribution in [3.05, 3.63) is 70.2 Å². The van der Waals surface area contributed by atoms with E-state index in [4.69, 9.17) is 11.6 Å². The molecule has 1 amide bonds. The van der Waals surface area contributed by atoms with Gasteiger partial charge in [-0.15, -0.1) is 0 Å². The number of carbonyl (C=O) groups is 1. The predicted molar refractivity (Wildman–Crippen MR) is 92.3 cm³/mol. The Kier molecular flexibility index (Phi) is 6.47. The average Bonchev–Trinajstić information content (AvgIpc) is 2.53. The number of hydrogen-bond acceptors (Lipinski definition) is 1. The maximum atomic E-state index is 11.8. The van der Waals surface area contributed by atoms with Crippen LogP contribution in [-0.2, 0) is 17.6 Å². The highest BCUT2D eigenvalue weighted by Crippen LogP contribution is 2.10. The number of benzene rings is 2. The zero-order valence-electron chi connectivity index (χ0n) is 12.9. The third-order valence-electron chi connectivity index (χ3n) is 3.64. The van der Waals surface area contributed by atoms with Crippen LogP contribution in [0.4, 0.5) is 0 Å². The molecule has 0 bridgehead atoms. The first-order valence-corrected chi connectivity index (χ1v) is 8.08. The van der Waals surface area contributed by atoms with Crippen LogP contribution in [0.15, 0.2) is 48.5 Å². The summed E-state index contributed by atoms with van der Waals surface area (Å²) >= 11 is 5.85. The normalized spacial score (nSPS) is 10.5. The van der Waals surface area contributed by atoms with Crippen molar-refractivity contribution in [1.29, 1.82) is 0 Å². The lowest BCUT2D eigenvalue weighted by Crippen LogP contribution is -2.24. The number of halogens is 1. The lowest BCUT2D eigenvalue weighted by Gasteiger charge is -2.06. The van der Waals surface area contributed by atoms with Gasteiger partial charge in [0.05, 0.1) is 0 Å². The van der Waals surface area contributed by atoms with Crippen molar-refractivity contribution in [2.45, 2.75) is 32.6 Å². The van der Waals surface area contributed by atoms with E-state index in [2.05, 4.69) is 36.5 Å². The minimum absolute atomic E-state index is 0.122. The first-order valence-electron chi connectivity index (χ1n) is 7.70. The van der Waals surface area contributed by atoms with Crippen LogP contribution >= 0.6 is 11.6 Å². The summed E-state index contributed by atoms with van der Waals surface area (Å²) in [6.07, 6.45) is 3.24. The Morgan fingerprint density at radius 1 is 0.955 bits per heavy atom. The molecule has 0 aliphatic heterocycles. The van der Waals surface area contributed by atoms with Gasteiger partial charge in [-0.2, -0.15) is 0 Å². The molecule has 0 unspecified atom stereocenters. The van der Waals surface area contributed by atoms with Crippen molar-refractivity contribution in [2.24, 2.45) is 0 Å². The van der Waals surface area contributed by atoms with Crippen LogP contribution in [-0.4, -0.2) is 12.5 Å². The summed E-state index contributed by atoms with van der Waals surface area (Å²) in [6.45, 7) is 2.78. The molecule has 1 N–H and O–H groups in total. The molecule has 0 saturated heterocycles. The van der Waals surface area contributed by atoms with Gasteiger partial charge >= 0.3 is 0 Å². The van der Waals surface area contributed by atoms with E-state index < -0.39 is 0 Å². The first kappa shape index (κ1) is 16.6. The average molecular weight is 316 g/mol. The molecule has 0 aliphatic carbocycles. The predicted octanol–water partition coefficient (Wildman–Crippen LogP) is 4.33. The second-order valence-electron chi connectivity index (χ2n) is 5.57. The summed E-state index contributed by atoms with van der Waals surface area (Å²) in [5.41, 5.74) is 3.70. The summed E-state index contributed by atoms with van der Waals surface area (Å²) in [4.78, 5) is 11.8. The molecule has 2 aromatic carbocycles. The molecule has 0 atom stereocenters. The van der Waals surface area contributed by atoms with Crippen LogP contribution < -0.4 is 5.32 Å². The molecule has 3 heteroatoms.